The number of rotatable bonds is 11. The van der Waals surface area contributed by atoms with Gasteiger partial charge in [0.05, 0.1) is 19.7 Å². The highest BCUT2D eigenvalue weighted by Gasteiger charge is 2.29. The number of nitrogens with one attached hydrogen (secondary N) is 2. The van der Waals surface area contributed by atoms with Crippen LogP contribution in [0.15, 0.2) is 40.9 Å². The lowest BCUT2D eigenvalue weighted by molar-refractivity contribution is -0.119. The van der Waals surface area contributed by atoms with E-state index in [0.717, 1.165) is 4.57 Å². The Morgan fingerprint density at radius 1 is 0.941 bits per heavy atom. The largest absolute Gasteiger partial charge is 0.493 e. The first-order chi connectivity index (χ1) is 24.1. The van der Waals surface area contributed by atoms with Crippen LogP contribution in [0.2, 0.25) is 5.02 Å². The summed E-state index contributed by atoms with van der Waals surface area (Å²) in [5, 5.41) is 17.2. The monoisotopic (exact) mass is 718 g/mol. The van der Waals surface area contributed by atoms with Gasteiger partial charge in [-0.05, 0) is 41.5 Å². The van der Waals surface area contributed by atoms with Crippen LogP contribution in [0.4, 0.5) is 16.6 Å². The molecule has 3 heterocycles. The third kappa shape index (κ3) is 7.31. The maximum atomic E-state index is 13.5. The van der Waals surface area contributed by atoms with E-state index in [4.69, 9.17) is 25.5 Å². The molecular formula is C36H39ClN6O8. The molecule has 0 bridgehead atoms. The predicted octanol–water partition coefficient (Wildman–Crippen LogP) is 6.45. The first-order valence-electron chi connectivity index (χ1n) is 16.1. The maximum absolute atomic E-state index is 13.5. The number of ether oxygens (including phenoxy) is 2. The van der Waals surface area contributed by atoms with Gasteiger partial charge in [-0.1, -0.05) is 39.3 Å². The molecule has 0 aliphatic carbocycles. The highest BCUT2D eigenvalue weighted by atomic mass is 35.5. The van der Waals surface area contributed by atoms with Crippen molar-refractivity contribution in [3.05, 3.63) is 69.7 Å². The Bertz CT molecular complexity index is 2190. The van der Waals surface area contributed by atoms with E-state index in [1.165, 1.54) is 25.3 Å². The summed E-state index contributed by atoms with van der Waals surface area (Å²) in [4.78, 5) is 61.3. The summed E-state index contributed by atoms with van der Waals surface area (Å²) in [6, 6.07) is 8.31. The van der Waals surface area contributed by atoms with Gasteiger partial charge in [0.2, 0.25) is 23.5 Å². The van der Waals surface area contributed by atoms with Gasteiger partial charge in [0, 0.05) is 66.3 Å². The number of carboxylic acid groups (broad SMARTS) is 1. The minimum atomic E-state index is -1.32. The number of nitrogens with zero attached hydrogens (tertiary/aromatic N) is 4. The summed E-state index contributed by atoms with van der Waals surface area (Å²) in [6.07, 6.45) is 0.426. The van der Waals surface area contributed by atoms with Crippen LogP contribution in [0, 0.1) is 11.8 Å². The molecule has 0 aliphatic heterocycles. The minimum absolute atomic E-state index is 0.0225. The molecule has 0 atom stereocenters. The Balaban J connectivity index is 1.67. The van der Waals surface area contributed by atoms with E-state index < -0.39 is 12.0 Å². The number of anilines is 2. The summed E-state index contributed by atoms with van der Waals surface area (Å²) < 4.78 is 18.7. The standard InChI is InChI=1S/C36H39ClN6O8/c1-17(2)32(44)39-31-20(16-38-35(40-31)41-33(45)18(3)4)11-19-12-27(49-7)30(50-8)29-23(19)14-22(51-29)15-25-24-13-21(37)9-10-26(24)43(36(47)48)28(25)34(46)42(5)6/h9-10,12-14,16-18H,11,15H2,1-8H3,(H,47,48)(H2,38,39,40,41,44,45). The number of carbonyl (C=O) groups is 4. The number of carbonyl (C=O) groups excluding carboxylic acids is 3. The van der Waals surface area contributed by atoms with E-state index in [9.17, 15) is 24.3 Å². The molecule has 0 unspecified atom stereocenters. The average molecular weight is 719 g/mol. The van der Waals surface area contributed by atoms with Crippen molar-refractivity contribution in [2.75, 3.05) is 38.9 Å². The van der Waals surface area contributed by atoms with Gasteiger partial charge in [0.15, 0.2) is 11.3 Å². The number of furan rings is 1. The number of hydrogen-bond donors (Lipinski definition) is 3. The summed E-state index contributed by atoms with van der Waals surface area (Å²) in [5.74, 6) is -0.381. The predicted molar refractivity (Wildman–Crippen MR) is 192 cm³/mol. The van der Waals surface area contributed by atoms with Crippen molar-refractivity contribution in [1.29, 1.82) is 0 Å². The number of aromatic nitrogens is 3. The van der Waals surface area contributed by atoms with E-state index in [1.54, 1.807) is 72.1 Å². The molecule has 14 nitrogen and oxygen atoms in total. The molecular weight excluding hydrogens is 680 g/mol. The number of methoxy groups -OCH3 is 2. The van der Waals surface area contributed by atoms with Crippen LogP contribution in [-0.2, 0) is 22.4 Å². The van der Waals surface area contributed by atoms with Crippen molar-refractivity contribution >= 4 is 69.1 Å². The quantitative estimate of drug-likeness (QED) is 0.138. The van der Waals surface area contributed by atoms with E-state index in [-0.39, 0.29) is 54.0 Å². The van der Waals surface area contributed by atoms with Gasteiger partial charge in [-0.15, -0.1) is 0 Å². The SMILES string of the molecule is COc1cc(Cc2cnc(NC(=O)C(C)C)nc2NC(=O)C(C)C)c2cc(Cc3c(C(=O)N(C)C)n(C(=O)O)c4ccc(Cl)cc34)oc2c1OC. The van der Waals surface area contributed by atoms with Crippen molar-refractivity contribution in [3.8, 4) is 11.5 Å². The fourth-order valence-electron chi connectivity index (χ4n) is 5.58. The smallest absolute Gasteiger partial charge is 0.416 e. The Labute approximate surface area is 298 Å². The molecule has 0 radical (unpaired) electrons. The van der Waals surface area contributed by atoms with E-state index >= 15 is 0 Å². The van der Waals surface area contributed by atoms with Crippen LogP contribution in [0.5, 0.6) is 11.5 Å². The molecule has 0 saturated heterocycles. The number of hydrogen-bond acceptors (Lipinski definition) is 9. The second-order valence-corrected chi connectivity index (χ2v) is 13.2. The van der Waals surface area contributed by atoms with Gasteiger partial charge in [-0.25, -0.2) is 14.3 Å². The molecule has 5 aromatic rings. The second kappa shape index (κ2) is 14.7. The average Bonchev–Trinajstić information content (AvgIpc) is 3.64. The minimum Gasteiger partial charge on any atom is -0.493 e. The molecule has 0 spiro atoms. The van der Waals surface area contributed by atoms with E-state index in [0.29, 0.717) is 60.8 Å². The zero-order valence-corrected chi connectivity index (χ0v) is 30.3. The van der Waals surface area contributed by atoms with Crippen molar-refractivity contribution in [1.82, 2.24) is 19.4 Å². The van der Waals surface area contributed by atoms with Crippen molar-refractivity contribution in [2.45, 2.75) is 40.5 Å². The maximum Gasteiger partial charge on any atom is 0.416 e. The van der Waals surface area contributed by atoms with Gasteiger partial charge < -0.3 is 29.2 Å². The van der Waals surface area contributed by atoms with Crippen LogP contribution in [0.25, 0.3) is 21.9 Å². The van der Waals surface area contributed by atoms with Gasteiger partial charge in [0.1, 0.15) is 17.3 Å². The molecule has 268 valence electrons. The Hall–Kier alpha value is -5.63. The van der Waals surface area contributed by atoms with Crippen molar-refractivity contribution < 1.29 is 38.2 Å². The third-order valence-electron chi connectivity index (χ3n) is 8.24. The fraction of sp³-hybridized carbons (Fsp3) is 0.333. The summed E-state index contributed by atoms with van der Waals surface area (Å²) in [6.45, 7) is 6.99. The Morgan fingerprint density at radius 2 is 1.63 bits per heavy atom. The molecule has 0 saturated carbocycles. The van der Waals surface area contributed by atoms with Crippen LogP contribution >= 0.6 is 11.6 Å². The normalized spacial score (nSPS) is 11.4. The fourth-order valence-corrected chi connectivity index (χ4v) is 5.75. The molecule has 0 fully saturated rings. The molecule has 3 N–H and O–H groups in total. The van der Waals surface area contributed by atoms with Gasteiger partial charge in [-0.2, -0.15) is 4.98 Å². The lowest BCUT2D eigenvalue weighted by Crippen LogP contribution is -2.27. The number of halogens is 1. The van der Waals surface area contributed by atoms with Gasteiger partial charge in [0.25, 0.3) is 5.91 Å². The van der Waals surface area contributed by atoms with Gasteiger partial charge in [-0.3, -0.25) is 19.7 Å². The van der Waals surface area contributed by atoms with Crippen molar-refractivity contribution in [3.63, 3.8) is 0 Å². The lowest BCUT2D eigenvalue weighted by Gasteiger charge is -2.15. The molecule has 51 heavy (non-hydrogen) atoms. The Kier molecular flexibility index (Phi) is 10.6. The third-order valence-corrected chi connectivity index (χ3v) is 8.48. The molecule has 5 rings (SSSR count). The number of fused-ring (bicyclic) bond motifs is 2. The highest BCUT2D eigenvalue weighted by Crippen LogP contribution is 2.42. The zero-order chi connectivity index (χ0) is 37.3. The first-order valence-corrected chi connectivity index (χ1v) is 16.4. The van der Waals surface area contributed by atoms with Crippen molar-refractivity contribution in [2.24, 2.45) is 11.8 Å². The zero-order valence-electron chi connectivity index (χ0n) is 29.5. The molecule has 3 aromatic heterocycles. The van der Waals surface area contributed by atoms with Crippen LogP contribution in [-0.4, -0.2) is 76.7 Å². The molecule has 2 aromatic carbocycles. The molecule has 0 aliphatic rings. The van der Waals surface area contributed by atoms with Crippen LogP contribution < -0.4 is 20.1 Å². The lowest BCUT2D eigenvalue weighted by atomic mass is 10.0. The van der Waals surface area contributed by atoms with Gasteiger partial charge >= 0.3 is 6.09 Å². The summed E-state index contributed by atoms with van der Waals surface area (Å²) in [5.41, 5.74) is 2.25. The topological polar surface area (TPSA) is 178 Å². The number of amides is 3. The van der Waals surface area contributed by atoms with E-state index in [1.807, 2.05) is 0 Å². The van der Waals surface area contributed by atoms with Crippen LogP contribution in [0.1, 0.15) is 60.6 Å². The number of benzene rings is 2. The Morgan fingerprint density at radius 3 is 2.24 bits per heavy atom. The first kappa shape index (κ1) is 36.6. The molecule has 15 heteroatoms. The summed E-state index contributed by atoms with van der Waals surface area (Å²) >= 11 is 6.36. The van der Waals surface area contributed by atoms with Crippen LogP contribution in [0.3, 0.4) is 0 Å². The van der Waals surface area contributed by atoms with E-state index in [2.05, 4.69) is 20.6 Å². The second-order valence-electron chi connectivity index (χ2n) is 12.7. The molecule has 3 amide bonds. The highest BCUT2D eigenvalue weighted by molar-refractivity contribution is 6.31. The summed E-state index contributed by atoms with van der Waals surface area (Å²) in [7, 11) is 6.05.